The van der Waals surface area contributed by atoms with Crippen LogP contribution < -0.4 is 0 Å². The SMILES string of the molecule is CC/C=C\C[C@@H](O)[C@@H]1C[C@H](O)[C@@H](/C=C/[C@H](O)C/C=C\C/C=C\CCC(=O)O)O1. The van der Waals surface area contributed by atoms with Crippen LogP contribution in [-0.2, 0) is 9.53 Å². The van der Waals surface area contributed by atoms with E-state index in [-0.39, 0.29) is 6.42 Å². The lowest BCUT2D eigenvalue weighted by molar-refractivity contribution is -0.136. The molecule has 1 aliphatic rings. The first kappa shape index (κ1) is 24.3. The van der Waals surface area contributed by atoms with Crippen LogP contribution in [0.4, 0.5) is 0 Å². The highest BCUT2D eigenvalue weighted by Gasteiger charge is 2.35. The molecule has 0 amide bonds. The van der Waals surface area contributed by atoms with Gasteiger partial charge in [0.05, 0.1) is 24.4 Å². The van der Waals surface area contributed by atoms with Gasteiger partial charge in [-0.3, -0.25) is 4.79 Å². The van der Waals surface area contributed by atoms with E-state index < -0.39 is 36.5 Å². The molecule has 1 fully saturated rings. The fourth-order valence-electron chi connectivity index (χ4n) is 2.84. The molecule has 0 bridgehead atoms. The maximum absolute atomic E-state index is 10.4. The highest BCUT2D eigenvalue weighted by atomic mass is 16.5. The lowest BCUT2D eigenvalue weighted by Crippen LogP contribution is -2.25. The Kier molecular flexibility index (Phi) is 12.4. The maximum Gasteiger partial charge on any atom is 0.303 e. The zero-order valence-electron chi connectivity index (χ0n) is 16.6. The van der Waals surface area contributed by atoms with Crippen molar-refractivity contribution in [2.45, 2.75) is 82.4 Å². The lowest BCUT2D eigenvalue weighted by Gasteiger charge is -2.16. The van der Waals surface area contributed by atoms with Gasteiger partial charge in [0.25, 0.3) is 0 Å². The van der Waals surface area contributed by atoms with E-state index in [1.54, 1.807) is 12.2 Å². The first-order chi connectivity index (χ1) is 13.4. The van der Waals surface area contributed by atoms with Gasteiger partial charge in [-0.25, -0.2) is 0 Å². The van der Waals surface area contributed by atoms with Gasteiger partial charge in [-0.15, -0.1) is 0 Å². The number of carbonyl (C=O) groups is 1. The topological polar surface area (TPSA) is 107 Å². The second-order valence-electron chi connectivity index (χ2n) is 6.92. The normalized spacial score (nSPS) is 25.5. The zero-order chi connectivity index (χ0) is 20.8. The summed E-state index contributed by atoms with van der Waals surface area (Å²) in [7, 11) is 0. The summed E-state index contributed by atoms with van der Waals surface area (Å²) in [4.78, 5) is 10.4. The third kappa shape index (κ3) is 10.6. The molecule has 1 aliphatic heterocycles. The fraction of sp³-hybridized carbons (Fsp3) is 0.591. The molecule has 28 heavy (non-hydrogen) atoms. The number of allylic oxidation sites excluding steroid dienone is 4. The molecular weight excluding hydrogens is 360 g/mol. The number of rotatable bonds is 13. The van der Waals surface area contributed by atoms with Crippen LogP contribution in [0.5, 0.6) is 0 Å². The van der Waals surface area contributed by atoms with E-state index in [0.717, 1.165) is 6.42 Å². The van der Waals surface area contributed by atoms with Crippen molar-refractivity contribution in [3.05, 3.63) is 48.6 Å². The second-order valence-corrected chi connectivity index (χ2v) is 6.92. The molecular formula is C22H34O6. The third-order valence-corrected chi connectivity index (χ3v) is 4.42. The van der Waals surface area contributed by atoms with E-state index in [0.29, 0.717) is 32.1 Å². The number of ether oxygens (including phenoxy) is 1. The first-order valence-corrected chi connectivity index (χ1v) is 9.98. The van der Waals surface area contributed by atoms with Crippen LogP contribution in [-0.4, -0.2) is 56.9 Å². The smallest absolute Gasteiger partial charge is 0.303 e. The predicted molar refractivity (Wildman–Crippen MR) is 109 cm³/mol. The number of carboxylic acids is 1. The predicted octanol–water partition coefficient (Wildman–Crippen LogP) is 2.90. The molecule has 1 saturated heterocycles. The van der Waals surface area contributed by atoms with Crippen LogP contribution >= 0.6 is 0 Å². The van der Waals surface area contributed by atoms with Crippen LogP contribution in [0.3, 0.4) is 0 Å². The van der Waals surface area contributed by atoms with E-state index in [1.165, 1.54) is 0 Å². The number of aliphatic hydroxyl groups excluding tert-OH is 3. The van der Waals surface area contributed by atoms with Gasteiger partial charge in [0.1, 0.15) is 6.10 Å². The van der Waals surface area contributed by atoms with E-state index in [4.69, 9.17) is 9.84 Å². The molecule has 1 rings (SSSR count). The Morgan fingerprint density at radius 2 is 1.82 bits per heavy atom. The zero-order valence-corrected chi connectivity index (χ0v) is 16.6. The summed E-state index contributed by atoms with van der Waals surface area (Å²) in [6.45, 7) is 2.03. The fourth-order valence-corrected chi connectivity index (χ4v) is 2.84. The van der Waals surface area contributed by atoms with Gasteiger partial charge in [-0.2, -0.15) is 0 Å². The summed E-state index contributed by atoms with van der Waals surface area (Å²) in [5, 5.41) is 38.8. The van der Waals surface area contributed by atoms with Crippen molar-refractivity contribution in [2.24, 2.45) is 0 Å². The Hall–Kier alpha value is -1.73. The Bertz CT molecular complexity index is 551. The number of hydrogen-bond acceptors (Lipinski definition) is 5. The molecule has 0 aliphatic carbocycles. The highest BCUT2D eigenvalue weighted by Crippen LogP contribution is 2.25. The number of aliphatic carboxylic acids is 1. The highest BCUT2D eigenvalue weighted by molar-refractivity contribution is 5.66. The number of aliphatic hydroxyl groups is 3. The van der Waals surface area contributed by atoms with E-state index in [1.807, 2.05) is 43.4 Å². The minimum Gasteiger partial charge on any atom is -0.481 e. The van der Waals surface area contributed by atoms with E-state index in [2.05, 4.69) is 0 Å². The molecule has 0 aromatic carbocycles. The molecule has 158 valence electrons. The second kappa shape index (κ2) is 14.3. The molecule has 6 nitrogen and oxygen atoms in total. The summed E-state index contributed by atoms with van der Waals surface area (Å²) in [5.41, 5.74) is 0. The first-order valence-electron chi connectivity index (χ1n) is 9.98. The molecule has 0 spiro atoms. The Morgan fingerprint density at radius 1 is 1.11 bits per heavy atom. The van der Waals surface area contributed by atoms with Gasteiger partial charge >= 0.3 is 5.97 Å². The molecule has 0 aromatic rings. The maximum atomic E-state index is 10.4. The molecule has 4 N–H and O–H groups in total. The van der Waals surface area contributed by atoms with Crippen molar-refractivity contribution in [1.82, 2.24) is 0 Å². The van der Waals surface area contributed by atoms with Crippen molar-refractivity contribution in [3.8, 4) is 0 Å². The van der Waals surface area contributed by atoms with Crippen molar-refractivity contribution in [3.63, 3.8) is 0 Å². The molecule has 1 heterocycles. The summed E-state index contributed by atoms with van der Waals surface area (Å²) in [5.74, 6) is -0.805. The van der Waals surface area contributed by atoms with Crippen molar-refractivity contribution in [2.75, 3.05) is 0 Å². The van der Waals surface area contributed by atoms with E-state index >= 15 is 0 Å². The summed E-state index contributed by atoms with van der Waals surface area (Å²) < 4.78 is 5.71. The lowest BCUT2D eigenvalue weighted by atomic mass is 10.0. The molecule has 0 saturated carbocycles. The quantitative estimate of drug-likeness (QED) is 0.358. The van der Waals surface area contributed by atoms with Gasteiger partial charge in [0.15, 0.2) is 0 Å². The summed E-state index contributed by atoms with van der Waals surface area (Å²) >= 11 is 0. The van der Waals surface area contributed by atoms with Crippen molar-refractivity contribution >= 4 is 5.97 Å². The number of carboxylic acid groups (broad SMARTS) is 1. The molecule has 5 atom stereocenters. The Morgan fingerprint density at radius 3 is 2.54 bits per heavy atom. The van der Waals surface area contributed by atoms with Gasteiger partial charge in [-0.05, 0) is 32.1 Å². The Balaban J connectivity index is 2.29. The third-order valence-electron chi connectivity index (χ3n) is 4.42. The standard InChI is InChI=1S/C22H34O6/c1-2-3-8-12-18(24)21-16-19(25)20(28-21)15-14-17(23)11-9-6-4-5-7-10-13-22(26)27/h3,5-9,14-15,17-21,23-25H,2,4,10-13,16H2,1H3,(H,26,27)/b7-5-,8-3-,9-6-,15-14+/t17-,18-,19+,20-,21+/m1/s1. The van der Waals surface area contributed by atoms with Crippen LogP contribution in [0.15, 0.2) is 48.6 Å². The summed E-state index contributed by atoms with van der Waals surface area (Å²) in [6.07, 6.45) is 15.3. The van der Waals surface area contributed by atoms with Crippen molar-refractivity contribution < 1.29 is 30.0 Å². The van der Waals surface area contributed by atoms with Gasteiger partial charge in [0.2, 0.25) is 0 Å². The molecule has 6 heteroatoms. The average Bonchev–Trinajstić information content (AvgIpc) is 3.03. The van der Waals surface area contributed by atoms with Crippen LogP contribution in [0, 0.1) is 0 Å². The Labute approximate surface area is 167 Å². The largest absolute Gasteiger partial charge is 0.481 e. The van der Waals surface area contributed by atoms with Crippen LogP contribution in [0.1, 0.15) is 51.9 Å². The van der Waals surface area contributed by atoms with E-state index in [9.17, 15) is 20.1 Å². The molecule has 0 radical (unpaired) electrons. The minimum absolute atomic E-state index is 0.131. The van der Waals surface area contributed by atoms with Crippen molar-refractivity contribution in [1.29, 1.82) is 0 Å². The van der Waals surface area contributed by atoms with Gasteiger partial charge < -0.3 is 25.2 Å². The van der Waals surface area contributed by atoms with Gasteiger partial charge in [0, 0.05) is 12.8 Å². The molecule has 0 unspecified atom stereocenters. The summed E-state index contributed by atoms with van der Waals surface area (Å²) in [6, 6.07) is 0. The average molecular weight is 395 g/mol. The minimum atomic E-state index is -0.805. The molecule has 0 aromatic heterocycles. The monoisotopic (exact) mass is 394 g/mol. The van der Waals surface area contributed by atoms with Crippen LogP contribution in [0.2, 0.25) is 0 Å². The van der Waals surface area contributed by atoms with Gasteiger partial charge in [-0.1, -0.05) is 55.5 Å². The number of hydrogen-bond donors (Lipinski definition) is 4. The van der Waals surface area contributed by atoms with Crippen LogP contribution in [0.25, 0.3) is 0 Å².